The summed E-state index contributed by atoms with van der Waals surface area (Å²) in [5, 5.41) is 0. The lowest BCUT2D eigenvalue weighted by Gasteiger charge is -2.61. The lowest BCUT2D eigenvalue weighted by Crippen LogP contribution is -2.63. The first kappa shape index (κ1) is 24.3. The average Bonchev–Trinajstić information content (AvgIpc) is 2.87. The molecule has 0 N–H and O–H groups in total. The molecule has 2 aliphatic heterocycles. The quantitative estimate of drug-likeness (QED) is 0.404. The van der Waals surface area contributed by atoms with Gasteiger partial charge in [0.25, 0.3) is 0 Å². The summed E-state index contributed by atoms with van der Waals surface area (Å²) in [5.74, 6) is 2.95. The van der Waals surface area contributed by atoms with Crippen LogP contribution in [0.4, 0.5) is 24.5 Å². The minimum absolute atomic E-state index is 0.496. The first-order valence-electron chi connectivity index (χ1n) is 14.1. The molecule has 6 aliphatic rings. The molecule has 0 aromatic heterocycles. The van der Waals surface area contributed by atoms with Crippen LogP contribution in [0.3, 0.4) is 0 Å². The summed E-state index contributed by atoms with van der Waals surface area (Å²) in [7, 11) is 0. The monoisotopic (exact) mass is 527 g/mol. The first-order chi connectivity index (χ1) is 17.9. The molecule has 198 valence electrons. The summed E-state index contributed by atoms with van der Waals surface area (Å²) in [4.78, 5) is 9.56. The van der Waals surface area contributed by atoms with Crippen LogP contribution in [0.25, 0.3) is 0 Å². The number of alkyl halides is 3. The summed E-state index contributed by atoms with van der Waals surface area (Å²) in [6, 6.07) is 12.3. The van der Waals surface area contributed by atoms with Crippen LogP contribution >= 0.6 is 11.8 Å². The molecule has 2 aromatic rings. The molecule has 2 heterocycles. The number of fused-ring (bicyclic) bond motifs is 2. The van der Waals surface area contributed by atoms with E-state index >= 15 is 0 Å². The molecule has 7 heteroatoms. The topological polar surface area (TPSA) is 9.72 Å². The summed E-state index contributed by atoms with van der Waals surface area (Å²) in [5.41, 5.74) is 1.63. The number of nitrogens with zero attached hydrogens (tertiary/aromatic N) is 3. The number of para-hydroxylation sites is 1. The first-order valence-corrected chi connectivity index (χ1v) is 14.9. The van der Waals surface area contributed by atoms with E-state index in [1.54, 1.807) is 17.8 Å². The molecule has 4 bridgehead atoms. The zero-order chi connectivity index (χ0) is 25.2. The van der Waals surface area contributed by atoms with Gasteiger partial charge >= 0.3 is 6.18 Å². The van der Waals surface area contributed by atoms with E-state index in [1.165, 1.54) is 63.7 Å². The standard InChI is InChI=1S/C30H36F3N3S/c31-30(32,33)24-6-7-28-26(17-24)36(25-4-1-2-5-27(25)37-28)9-3-8-34-10-12-35(13-11-34)29-18-21-14-22(19-29)16-23(15-21)20-29/h1-2,4-7,17,21-23H,3,8-16,18-20H2. The molecular weight excluding hydrogens is 491 g/mol. The van der Waals surface area contributed by atoms with E-state index in [-0.39, 0.29) is 0 Å². The minimum Gasteiger partial charge on any atom is -0.340 e. The molecule has 5 fully saturated rings. The van der Waals surface area contributed by atoms with Gasteiger partial charge in [-0.2, -0.15) is 13.2 Å². The Morgan fingerprint density at radius 1 is 0.784 bits per heavy atom. The molecular formula is C30H36F3N3S. The highest BCUT2D eigenvalue weighted by Crippen LogP contribution is 2.58. The van der Waals surface area contributed by atoms with Crippen LogP contribution in [0.2, 0.25) is 0 Å². The Labute approximate surface area is 222 Å². The molecule has 0 unspecified atom stereocenters. The number of benzene rings is 2. The predicted molar refractivity (Wildman–Crippen MR) is 143 cm³/mol. The number of halogens is 3. The van der Waals surface area contributed by atoms with E-state index in [4.69, 9.17) is 0 Å². The third-order valence-electron chi connectivity index (χ3n) is 9.86. The van der Waals surface area contributed by atoms with E-state index in [1.807, 2.05) is 18.2 Å². The molecule has 0 atom stereocenters. The Morgan fingerprint density at radius 2 is 1.43 bits per heavy atom. The lowest BCUT2D eigenvalue weighted by molar-refractivity contribution is -0.137. The van der Waals surface area contributed by atoms with Gasteiger partial charge in [-0.05, 0) is 99.6 Å². The van der Waals surface area contributed by atoms with E-state index in [2.05, 4.69) is 20.8 Å². The molecule has 3 nitrogen and oxygen atoms in total. The van der Waals surface area contributed by atoms with Gasteiger partial charge in [0.2, 0.25) is 0 Å². The Balaban J connectivity index is 1.00. The number of anilines is 2. The molecule has 0 spiro atoms. The average molecular weight is 528 g/mol. The zero-order valence-corrected chi connectivity index (χ0v) is 22.2. The predicted octanol–water partition coefficient (Wildman–Crippen LogP) is 7.28. The fraction of sp³-hybridized carbons (Fsp3) is 0.600. The molecule has 0 amide bonds. The fourth-order valence-electron chi connectivity index (χ4n) is 8.60. The Kier molecular flexibility index (Phi) is 6.05. The van der Waals surface area contributed by atoms with Crippen LogP contribution in [0.1, 0.15) is 50.5 Å². The van der Waals surface area contributed by atoms with Crippen molar-refractivity contribution < 1.29 is 13.2 Å². The number of hydrogen-bond acceptors (Lipinski definition) is 4. The maximum absolute atomic E-state index is 13.5. The Hall–Kier alpha value is -1.70. The van der Waals surface area contributed by atoms with Crippen molar-refractivity contribution in [3.63, 3.8) is 0 Å². The van der Waals surface area contributed by atoms with Gasteiger partial charge in [-0.15, -0.1) is 0 Å². The normalized spacial score (nSPS) is 31.4. The minimum atomic E-state index is -4.33. The zero-order valence-electron chi connectivity index (χ0n) is 21.3. The highest BCUT2D eigenvalue weighted by atomic mass is 32.2. The van der Waals surface area contributed by atoms with Crippen LogP contribution in [0, 0.1) is 17.8 Å². The smallest absolute Gasteiger partial charge is 0.340 e. The van der Waals surface area contributed by atoms with E-state index in [9.17, 15) is 13.2 Å². The number of piperazine rings is 1. The van der Waals surface area contributed by atoms with Crippen molar-refractivity contribution in [2.24, 2.45) is 17.8 Å². The van der Waals surface area contributed by atoms with Crippen molar-refractivity contribution in [3.05, 3.63) is 48.0 Å². The SMILES string of the molecule is FC(F)(F)c1ccc2c(c1)N(CCCN1CCN(C34CC5CC(CC(C5)C3)C4)CC1)c1ccccc1S2. The Morgan fingerprint density at radius 3 is 2.11 bits per heavy atom. The largest absolute Gasteiger partial charge is 0.416 e. The van der Waals surface area contributed by atoms with Crippen molar-refractivity contribution >= 4 is 23.1 Å². The van der Waals surface area contributed by atoms with Gasteiger partial charge in [0.1, 0.15) is 0 Å². The van der Waals surface area contributed by atoms with Crippen molar-refractivity contribution in [3.8, 4) is 0 Å². The second-order valence-corrected chi connectivity index (χ2v) is 13.3. The van der Waals surface area contributed by atoms with Crippen LogP contribution in [-0.2, 0) is 6.18 Å². The van der Waals surface area contributed by atoms with Crippen LogP contribution < -0.4 is 4.90 Å². The molecule has 4 aliphatic carbocycles. The van der Waals surface area contributed by atoms with Crippen molar-refractivity contribution in [1.82, 2.24) is 9.80 Å². The van der Waals surface area contributed by atoms with E-state index in [0.29, 0.717) is 11.2 Å². The van der Waals surface area contributed by atoms with Gasteiger partial charge in [-0.1, -0.05) is 23.9 Å². The number of hydrogen-bond donors (Lipinski definition) is 0. The Bertz CT molecular complexity index is 1120. The summed E-state index contributed by atoms with van der Waals surface area (Å²) >= 11 is 1.57. The molecule has 8 rings (SSSR count). The molecule has 2 aromatic carbocycles. The fourth-order valence-corrected chi connectivity index (χ4v) is 9.67. The van der Waals surface area contributed by atoms with Gasteiger partial charge in [0.05, 0.1) is 16.9 Å². The van der Waals surface area contributed by atoms with Crippen molar-refractivity contribution in [1.29, 1.82) is 0 Å². The summed E-state index contributed by atoms with van der Waals surface area (Å²) in [6.45, 7) is 6.29. The molecule has 1 saturated heterocycles. The van der Waals surface area contributed by atoms with E-state index < -0.39 is 11.7 Å². The lowest BCUT2D eigenvalue weighted by atomic mass is 9.52. The van der Waals surface area contributed by atoms with Crippen LogP contribution in [0.5, 0.6) is 0 Å². The maximum atomic E-state index is 13.5. The maximum Gasteiger partial charge on any atom is 0.416 e. The van der Waals surface area contributed by atoms with Crippen molar-refractivity contribution in [2.45, 2.75) is 66.5 Å². The van der Waals surface area contributed by atoms with Gasteiger partial charge in [0, 0.05) is 48.1 Å². The van der Waals surface area contributed by atoms with E-state index in [0.717, 1.165) is 65.8 Å². The highest BCUT2D eigenvalue weighted by Gasteiger charge is 2.53. The third kappa shape index (κ3) is 4.49. The van der Waals surface area contributed by atoms with Crippen molar-refractivity contribution in [2.75, 3.05) is 44.2 Å². The highest BCUT2D eigenvalue weighted by molar-refractivity contribution is 7.99. The molecule has 4 saturated carbocycles. The molecule has 0 radical (unpaired) electrons. The van der Waals surface area contributed by atoms with Gasteiger partial charge in [0.15, 0.2) is 0 Å². The summed E-state index contributed by atoms with van der Waals surface area (Å²) in [6.07, 6.45) is 5.38. The van der Waals surface area contributed by atoms with Gasteiger partial charge < -0.3 is 9.80 Å². The second-order valence-electron chi connectivity index (χ2n) is 12.2. The summed E-state index contributed by atoms with van der Waals surface area (Å²) < 4.78 is 40.5. The second kappa shape index (κ2) is 9.20. The van der Waals surface area contributed by atoms with Crippen LogP contribution in [0.15, 0.2) is 52.3 Å². The molecule has 37 heavy (non-hydrogen) atoms. The third-order valence-corrected chi connectivity index (χ3v) is 11.0. The van der Waals surface area contributed by atoms with Crippen LogP contribution in [-0.4, -0.2) is 54.6 Å². The van der Waals surface area contributed by atoms with Gasteiger partial charge in [-0.3, -0.25) is 4.90 Å². The number of rotatable bonds is 5. The van der Waals surface area contributed by atoms with Gasteiger partial charge in [-0.25, -0.2) is 0 Å².